The van der Waals surface area contributed by atoms with Crippen LogP contribution in [0.2, 0.25) is 25.3 Å². The monoisotopic (exact) mass is 302 g/mol. The Morgan fingerprint density at radius 1 is 0.750 bits per heavy atom. The van der Waals surface area contributed by atoms with E-state index in [2.05, 4.69) is 19.6 Å². The van der Waals surface area contributed by atoms with Crippen LogP contribution in [0.4, 0.5) is 0 Å². The van der Waals surface area contributed by atoms with Crippen LogP contribution in [0.25, 0.3) is 0 Å². The summed E-state index contributed by atoms with van der Waals surface area (Å²) in [6.07, 6.45) is 0. The fourth-order valence-electron chi connectivity index (χ4n) is 1.91. The van der Waals surface area contributed by atoms with Gasteiger partial charge in [-0.15, -0.1) is 0 Å². The Morgan fingerprint density at radius 2 is 1.15 bits per heavy atom. The number of benzene rings is 2. The van der Waals surface area contributed by atoms with E-state index in [1.165, 1.54) is 0 Å². The van der Waals surface area contributed by atoms with Crippen LogP contribution in [-0.2, 0) is 0 Å². The molecule has 106 valence electrons. The third kappa shape index (κ3) is 5.23. The zero-order valence-electron chi connectivity index (χ0n) is 12.4. The molecular weight excluding hydrogens is 280 g/mol. The molecule has 0 heterocycles. The van der Waals surface area contributed by atoms with E-state index in [1.807, 2.05) is 60.7 Å². The molecule has 2 aromatic carbocycles. The molecular formula is C16H22O2Si2. The highest BCUT2D eigenvalue weighted by Crippen LogP contribution is 2.19. The Balaban J connectivity index is 2.08. The van der Waals surface area contributed by atoms with Crippen molar-refractivity contribution in [2.24, 2.45) is 0 Å². The second-order valence-electron chi connectivity index (χ2n) is 6.06. The van der Waals surface area contributed by atoms with E-state index in [9.17, 15) is 0 Å². The SMILES string of the molecule is C[Si](C)(C)C[SiH](Oc1ccccc1)Oc1ccccc1. The molecule has 2 rings (SSSR count). The van der Waals surface area contributed by atoms with Crippen molar-refractivity contribution < 1.29 is 8.85 Å². The molecule has 0 fully saturated rings. The average Bonchev–Trinajstić information content (AvgIpc) is 2.39. The molecule has 0 atom stereocenters. The first-order valence-corrected chi connectivity index (χ1v) is 12.4. The second kappa shape index (κ2) is 6.77. The second-order valence-corrected chi connectivity index (χ2v) is 14.1. The van der Waals surface area contributed by atoms with Gasteiger partial charge in [-0.25, -0.2) is 0 Å². The average molecular weight is 303 g/mol. The summed E-state index contributed by atoms with van der Waals surface area (Å²) >= 11 is 0. The Morgan fingerprint density at radius 3 is 1.50 bits per heavy atom. The minimum absolute atomic E-state index is 0.915. The zero-order valence-corrected chi connectivity index (χ0v) is 14.5. The molecule has 2 aromatic rings. The lowest BCUT2D eigenvalue weighted by Crippen LogP contribution is -2.38. The Kier molecular flexibility index (Phi) is 5.03. The highest BCUT2D eigenvalue weighted by atomic mass is 28.4. The number of rotatable bonds is 6. The lowest BCUT2D eigenvalue weighted by atomic mass is 10.3. The lowest BCUT2D eigenvalue weighted by Gasteiger charge is -2.24. The Hall–Kier alpha value is -1.53. The largest absolute Gasteiger partial charge is 0.514 e. The van der Waals surface area contributed by atoms with E-state index >= 15 is 0 Å². The molecule has 0 N–H and O–H groups in total. The molecule has 0 unspecified atom stereocenters. The van der Waals surface area contributed by atoms with Gasteiger partial charge < -0.3 is 8.85 Å². The third-order valence-corrected chi connectivity index (χ3v) is 10.1. The molecule has 0 radical (unpaired) electrons. The molecule has 0 spiro atoms. The van der Waals surface area contributed by atoms with E-state index < -0.39 is 17.4 Å². The van der Waals surface area contributed by atoms with Gasteiger partial charge in [0.05, 0.1) is 0 Å². The third-order valence-electron chi connectivity index (χ3n) is 2.80. The maximum Gasteiger partial charge on any atom is 0.441 e. The molecule has 0 amide bonds. The van der Waals surface area contributed by atoms with Gasteiger partial charge in [0, 0.05) is 13.7 Å². The molecule has 0 aliphatic rings. The molecule has 2 nitrogen and oxygen atoms in total. The maximum atomic E-state index is 6.15. The van der Waals surface area contributed by atoms with Crippen molar-refractivity contribution in [3.8, 4) is 11.5 Å². The van der Waals surface area contributed by atoms with Crippen LogP contribution in [0.3, 0.4) is 0 Å². The molecule has 0 aliphatic heterocycles. The minimum Gasteiger partial charge on any atom is -0.514 e. The summed E-state index contributed by atoms with van der Waals surface area (Å²) in [6, 6.07) is 20.0. The summed E-state index contributed by atoms with van der Waals surface area (Å²) in [6.45, 7) is 7.07. The van der Waals surface area contributed by atoms with Gasteiger partial charge in [-0.2, -0.15) is 0 Å². The normalized spacial score (nSPS) is 11.4. The van der Waals surface area contributed by atoms with Crippen molar-refractivity contribution in [3.63, 3.8) is 0 Å². The zero-order chi connectivity index (χ0) is 14.4. The highest BCUT2D eigenvalue weighted by molar-refractivity contribution is 6.84. The highest BCUT2D eigenvalue weighted by Gasteiger charge is 2.27. The van der Waals surface area contributed by atoms with Gasteiger partial charge in [-0.05, 0) is 24.3 Å². The van der Waals surface area contributed by atoms with Crippen molar-refractivity contribution in [3.05, 3.63) is 60.7 Å². The fourth-order valence-corrected chi connectivity index (χ4v) is 7.55. The first-order valence-electron chi connectivity index (χ1n) is 6.96. The number of hydrogen-bond donors (Lipinski definition) is 0. The van der Waals surface area contributed by atoms with Crippen LogP contribution in [0.5, 0.6) is 11.5 Å². The van der Waals surface area contributed by atoms with Crippen LogP contribution >= 0.6 is 0 Å². The van der Waals surface area contributed by atoms with E-state index in [0.717, 1.165) is 17.2 Å². The minimum atomic E-state index is -1.75. The van der Waals surface area contributed by atoms with Gasteiger partial charge in [0.1, 0.15) is 11.5 Å². The van der Waals surface area contributed by atoms with Crippen molar-refractivity contribution in [2.75, 3.05) is 0 Å². The van der Waals surface area contributed by atoms with Crippen LogP contribution < -0.4 is 8.85 Å². The molecule has 0 bridgehead atoms. The number of para-hydroxylation sites is 2. The predicted molar refractivity (Wildman–Crippen MR) is 89.4 cm³/mol. The predicted octanol–water partition coefficient (Wildman–Crippen LogP) is 4.24. The van der Waals surface area contributed by atoms with Crippen molar-refractivity contribution in [1.29, 1.82) is 0 Å². The van der Waals surface area contributed by atoms with E-state index in [-0.39, 0.29) is 0 Å². The topological polar surface area (TPSA) is 18.5 Å². The van der Waals surface area contributed by atoms with Crippen LogP contribution in [-0.4, -0.2) is 17.4 Å². The first-order chi connectivity index (χ1) is 9.53. The van der Waals surface area contributed by atoms with Gasteiger partial charge in [-0.3, -0.25) is 0 Å². The Labute approximate surface area is 124 Å². The van der Waals surface area contributed by atoms with Crippen LogP contribution in [0.1, 0.15) is 0 Å². The standard InChI is InChI=1S/C16H22O2Si2/c1-20(2,3)14-19(17-15-10-6-4-7-11-15)18-16-12-8-5-9-13-16/h4-13,19H,14H2,1-3H3. The summed E-state index contributed by atoms with van der Waals surface area (Å²) in [7, 11) is -2.97. The van der Waals surface area contributed by atoms with Gasteiger partial charge in [-0.1, -0.05) is 56.0 Å². The quantitative estimate of drug-likeness (QED) is 0.743. The van der Waals surface area contributed by atoms with Crippen molar-refractivity contribution in [1.82, 2.24) is 0 Å². The molecule has 0 aromatic heterocycles. The molecule has 0 aliphatic carbocycles. The summed E-state index contributed by atoms with van der Waals surface area (Å²) in [5.74, 6) is 1.83. The summed E-state index contributed by atoms with van der Waals surface area (Å²) in [5, 5.41) is 0. The number of hydrogen-bond acceptors (Lipinski definition) is 2. The van der Waals surface area contributed by atoms with Gasteiger partial charge >= 0.3 is 9.28 Å². The molecule has 0 saturated heterocycles. The molecule has 20 heavy (non-hydrogen) atoms. The van der Waals surface area contributed by atoms with E-state index in [0.29, 0.717) is 0 Å². The van der Waals surface area contributed by atoms with Crippen LogP contribution in [0.15, 0.2) is 60.7 Å². The summed E-state index contributed by atoms with van der Waals surface area (Å²) in [4.78, 5) is 0. The van der Waals surface area contributed by atoms with Gasteiger partial charge in [0.15, 0.2) is 0 Å². The van der Waals surface area contributed by atoms with E-state index in [1.54, 1.807) is 0 Å². The fraction of sp³-hybridized carbons (Fsp3) is 0.250. The van der Waals surface area contributed by atoms with Crippen LogP contribution in [0, 0.1) is 0 Å². The van der Waals surface area contributed by atoms with Crippen molar-refractivity contribution in [2.45, 2.75) is 25.3 Å². The van der Waals surface area contributed by atoms with Gasteiger partial charge in [0.25, 0.3) is 0 Å². The van der Waals surface area contributed by atoms with E-state index in [4.69, 9.17) is 8.85 Å². The Bertz CT molecular complexity index is 468. The smallest absolute Gasteiger partial charge is 0.441 e. The molecule has 4 heteroatoms. The molecule has 0 saturated carbocycles. The summed E-state index contributed by atoms with van der Waals surface area (Å²) < 4.78 is 12.3. The van der Waals surface area contributed by atoms with Crippen molar-refractivity contribution >= 4 is 17.4 Å². The maximum absolute atomic E-state index is 6.15. The summed E-state index contributed by atoms with van der Waals surface area (Å²) in [5.41, 5.74) is 1.09. The first kappa shape index (κ1) is 14.9. The van der Waals surface area contributed by atoms with Gasteiger partial charge in [0.2, 0.25) is 0 Å². The lowest BCUT2D eigenvalue weighted by molar-refractivity contribution is 0.427.